The van der Waals surface area contributed by atoms with Crippen molar-refractivity contribution >= 4 is 12.6 Å². The first-order chi connectivity index (χ1) is 4.93. The van der Waals surface area contributed by atoms with E-state index in [9.17, 15) is 0 Å². The highest BCUT2D eigenvalue weighted by Crippen LogP contribution is 2.19. The summed E-state index contributed by atoms with van der Waals surface area (Å²) in [6.07, 6.45) is 5.17. The fraction of sp³-hybridized carbons (Fsp3) is 1.00. The molecule has 0 amide bonds. The molecule has 1 aliphatic rings. The molecule has 0 spiro atoms. The van der Waals surface area contributed by atoms with Crippen molar-refractivity contribution in [3.63, 3.8) is 0 Å². The Kier molecular flexibility index (Phi) is 4.23. The van der Waals surface area contributed by atoms with E-state index in [1.54, 1.807) is 0 Å². The van der Waals surface area contributed by atoms with Gasteiger partial charge in [0.05, 0.1) is 0 Å². The van der Waals surface area contributed by atoms with Gasteiger partial charge >= 0.3 is 0 Å². The molecule has 0 aromatic rings. The molecule has 0 atom stereocenters. The predicted octanol–water partition coefficient (Wildman–Crippen LogP) is 2.12. The lowest BCUT2D eigenvalue weighted by atomic mass is 9.95. The molecule has 0 N–H and O–H groups in total. The van der Waals surface area contributed by atoms with Crippen molar-refractivity contribution in [1.82, 2.24) is 0 Å². The number of hydrogen-bond donors (Lipinski definition) is 1. The van der Waals surface area contributed by atoms with E-state index in [0.717, 1.165) is 24.9 Å². The summed E-state index contributed by atoms with van der Waals surface area (Å²) < 4.78 is 5.26. The van der Waals surface area contributed by atoms with E-state index < -0.39 is 0 Å². The van der Waals surface area contributed by atoms with Crippen LogP contribution in [0.3, 0.4) is 0 Å². The lowest BCUT2D eigenvalue weighted by Gasteiger charge is -2.21. The van der Waals surface area contributed by atoms with E-state index in [1.807, 2.05) is 0 Å². The van der Waals surface area contributed by atoms with Crippen LogP contribution >= 0.6 is 12.6 Å². The molecule has 1 heterocycles. The summed E-state index contributed by atoms with van der Waals surface area (Å²) in [5, 5.41) is 0. The normalized spacial score (nSPS) is 21.3. The zero-order valence-electron chi connectivity index (χ0n) is 6.38. The number of hydrogen-bond acceptors (Lipinski definition) is 2. The molecule has 0 aliphatic carbocycles. The first-order valence-corrected chi connectivity index (χ1v) is 4.75. The van der Waals surface area contributed by atoms with Crippen LogP contribution in [0, 0.1) is 5.92 Å². The van der Waals surface area contributed by atoms with E-state index >= 15 is 0 Å². The highest BCUT2D eigenvalue weighted by atomic mass is 32.1. The van der Waals surface area contributed by atoms with Crippen LogP contribution in [0.25, 0.3) is 0 Å². The molecular formula is C8H16OS. The van der Waals surface area contributed by atoms with Crippen LogP contribution in [0.15, 0.2) is 0 Å². The average Bonchev–Trinajstić information content (AvgIpc) is 2.03. The van der Waals surface area contributed by atoms with Gasteiger partial charge in [-0.25, -0.2) is 0 Å². The molecule has 0 unspecified atom stereocenters. The van der Waals surface area contributed by atoms with Gasteiger partial charge in [0, 0.05) is 13.2 Å². The van der Waals surface area contributed by atoms with Crippen LogP contribution in [0.1, 0.15) is 25.7 Å². The Morgan fingerprint density at radius 2 is 2.00 bits per heavy atom. The minimum Gasteiger partial charge on any atom is -0.381 e. The van der Waals surface area contributed by atoms with Gasteiger partial charge in [0.2, 0.25) is 0 Å². The van der Waals surface area contributed by atoms with Crippen LogP contribution < -0.4 is 0 Å². The third kappa shape index (κ3) is 2.93. The number of rotatable bonds is 3. The molecule has 60 valence electrons. The van der Waals surface area contributed by atoms with Crippen LogP contribution in [0.4, 0.5) is 0 Å². The Labute approximate surface area is 68.6 Å². The molecule has 1 fully saturated rings. The second-order valence-electron chi connectivity index (χ2n) is 2.92. The molecular weight excluding hydrogens is 144 g/mol. The Morgan fingerprint density at radius 1 is 1.30 bits per heavy atom. The molecule has 0 aromatic heterocycles. The van der Waals surface area contributed by atoms with Crippen molar-refractivity contribution in [2.75, 3.05) is 19.0 Å². The van der Waals surface area contributed by atoms with Gasteiger partial charge in [0.1, 0.15) is 0 Å². The van der Waals surface area contributed by atoms with Crippen molar-refractivity contribution in [3.8, 4) is 0 Å². The molecule has 10 heavy (non-hydrogen) atoms. The van der Waals surface area contributed by atoms with Gasteiger partial charge < -0.3 is 4.74 Å². The van der Waals surface area contributed by atoms with Crippen molar-refractivity contribution < 1.29 is 4.74 Å². The standard InChI is InChI=1S/C8H16OS/c10-7-1-2-8-3-5-9-6-4-8/h8,10H,1-7H2. The molecule has 1 aliphatic heterocycles. The van der Waals surface area contributed by atoms with Gasteiger partial charge in [-0.05, 0) is 37.4 Å². The van der Waals surface area contributed by atoms with E-state index in [2.05, 4.69) is 12.6 Å². The maximum Gasteiger partial charge on any atom is 0.0468 e. The average molecular weight is 160 g/mol. The molecule has 1 rings (SSSR count). The molecule has 2 heteroatoms. The van der Waals surface area contributed by atoms with E-state index in [-0.39, 0.29) is 0 Å². The Hall–Kier alpha value is 0.310. The zero-order valence-corrected chi connectivity index (χ0v) is 7.28. The summed E-state index contributed by atoms with van der Waals surface area (Å²) in [7, 11) is 0. The summed E-state index contributed by atoms with van der Waals surface area (Å²) in [6, 6.07) is 0. The van der Waals surface area contributed by atoms with Gasteiger partial charge in [0.25, 0.3) is 0 Å². The Bertz CT molecular complexity index is 79.3. The second kappa shape index (κ2) is 5.03. The van der Waals surface area contributed by atoms with Crippen LogP contribution in [-0.2, 0) is 4.74 Å². The second-order valence-corrected chi connectivity index (χ2v) is 3.37. The first kappa shape index (κ1) is 8.41. The number of ether oxygens (including phenoxy) is 1. The molecule has 0 bridgehead atoms. The molecule has 1 nitrogen and oxygen atoms in total. The van der Waals surface area contributed by atoms with Gasteiger partial charge in [-0.1, -0.05) is 0 Å². The van der Waals surface area contributed by atoms with E-state index in [1.165, 1.54) is 25.7 Å². The summed E-state index contributed by atoms with van der Waals surface area (Å²) in [6.45, 7) is 1.97. The molecule has 0 radical (unpaired) electrons. The zero-order chi connectivity index (χ0) is 7.23. The smallest absolute Gasteiger partial charge is 0.0468 e. The maximum absolute atomic E-state index is 5.26. The topological polar surface area (TPSA) is 9.23 Å². The van der Waals surface area contributed by atoms with Gasteiger partial charge in [0.15, 0.2) is 0 Å². The molecule has 0 saturated carbocycles. The third-order valence-corrected chi connectivity index (χ3v) is 2.43. The van der Waals surface area contributed by atoms with Crippen molar-refractivity contribution in [1.29, 1.82) is 0 Å². The van der Waals surface area contributed by atoms with Crippen molar-refractivity contribution in [2.45, 2.75) is 25.7 Å². The highest BCUT2D eigenvalue weighted by Gasteiger charge is 2.12. The third-order valence-electron chi connectivity index (χ3n) is 2.11. The fourth-order valence-corrected chi connectivity index (χ4v) is 1.60. The summed E-state index contributed by atoms with van der Waals surface area (Å²) >= 11 is 4.19. The summed E-state index contributed by atoms with van der Waals surface area (Å²) in [4.78, 5) is 0. The van der Waals surface area contributed by atoms with Crippen LogP contribution in [0.5, 0.6) is 0 Å². The lowest BCUT2D eigenvalue weighted by molar-refractivity contribution is 0.0638. The predicted molar refractivity (Wildman–Crippen MR) is 46.6 cm³/mol. The largest absolute Gasteiger partial charge is 0.381 e. The first-order valence-electron chi connectivity index (χ1n) is 4.12. The summed E-state index contributed by atoms with van der Waals surface area (Å²) in [5.74, 6) is 1.97. The monoisotopic (exact) mass is 160 g/mol. The minimum absolute atomic E-state index is 0.931. The van der Waals surface area contributed by atoms with Gasteiger partial charge in [-0.15, -0.1) is 0 Å². The van der Waals surface area contributed by atoms with Gasteiger partial charge in [-0.3, -0.25) is 0 Å². The number of thiol groups is 1. The van der Waals surface area contributed by atoms with Crippen molar-refractivity contribution in [2.24, 2.45) is 5.92 Å². The quantitative estimate of drug-likeness (QED) is 0.622. The van der Waals surface area contributed by atoms with E-state index in [4.69, 9.17) is 4.74 Å². The molecule has 1 saturated heterocycles. The maximum atomic E-state index is 5.26. The van der Waals surface area contributed by atoms with E-state index in [0.29, 0.717) is 0 Å². The molecule has 0 aromatic carbocycles. The van der Waals surface area contributed by atoms with Gasteiger partial charge in [-0.2, -0.15) is 12.6 Å². The van der Waals surface area contributed by atoms with Crippen LogP contribution in [-0.4, -0.2) is 19.0 Å². The summed E-state index contributed by atoms with van der Waals surface area (Å²) in [5.41, 5.74) is 0. The Balaban J connectivity index is 2.02. The lowest BCUT2D eigenvalue weighted by Crippen LogP contribution is -2.15. The van der Waals surface area contributed by atoms with Crippen LogP contribution in [0.2, 0.25) is 0 Å². The minimum atomic E-state index is 0.931. The SMILES string of the molecule is SCCCC1CCOCC1. The highest BCUT2D eigenvalue weighted by molar-refractivity contribution is 7.80. The Morgan fingerprint density at radius 3 is 2.60 bits per heavy atom. The fourth-order valence-electron chi connectivity index (χ4n) is 1.42. The van der Waals surface area contributed by atoms with Crippen molar-refractivity contribution in [3.05, 3.63) is 0 Å².